The van der Waals surface area contributed by atoms with Crippen LogP contribution in [0.5, 0.6) is 0 Å². The Morgan fingerprint density at radius 3 is 2.94 bits per heavy atom. The average Bonchev–Trinajstić information content (AvgIpc) is 2.73. The number of nitrogens with zero attached hydrogens (tertiary/aromatic N) is 1. The van der Waals surface area contributed by atoms with E-state index in [1.807, 2.05) is 12.4 Å². The molecule has 1 aliphatic rings. The summed E-state index contributed by atoms with van der Waals surface area (Å²) < 4.78 is 0. The molecule has 0 saturated heterocycles. The van der Waals surface area contributed by atoms with Crippen molar-refractivity contribution in [2.75, 3.05) is 6.54 Å². The standard InChI is InChI=1S/C15H27N3/c1-12(2)13-4-3-5-14(7-6-13)16-9-8-15-17-10-11-18-15/h10-14,16H,3-9H2,1-2H3,(H,17,18). The molecule has 0 bridgehead atoms. The summed E-state index contributed by atoms with van der Waals surface area (Å²) in [7, 11) is 0. The third-order valence-corrected chi connectivity index (χ3v) is 4.31. The van der Waals surface area contributed by atoms with Gasteiger partial charge in [0.2, 0.25) is 0 Å². The van der Waals surface area contributed by atoms with Crippen LogP contribution in [0.25, 0.3) is 0 Å². The van der Waals surface area contributed by atoms with Crippen molar-refractivity contribution in [2.45, 2.75) is 58.4 Å². The van der Waals surface area contributed by atoms with Crippen molar-refractivity contribution < 1.29 is 0 Å². The number of aromatic nitrogens is 2. The summed E-state index contributed by atoms with van der Waals surface area (Å²) in [6.45, 7) is 5.79. The lowest BCUT2D eigenvalue weighted by molar-refractivity contribution is 0.338. The van der Waals surface area contributed by atoms with E-state index in [9.17, 15) is 0 Å². The normalized spacial score (nSPS) is 25.3. The zero-order valence-corrected chi connectivity index (χ0v) is 11.8. The zero-order valence-electron chi connectivity index (χ0n) is 11.8. The van der Waals surface area contributed by atoms with Gasteiger partial charge >= 0.3 is 0 Å². The number of imidazole rings is 1. The highest BCUT2D eigenvalue weighted by Gasteiger charge is 2.20. The molecule has 1 aliphatic carbocycles. The number of nitrogens with one attached hydrogen (secondary N) is 2. The van der Waals surface area contributed by atoms with Gasteiger partial charge in [-0.15, -0.1) is 0 Å². The van der Waals surface area contributed by atoms with Crippen LogP contribution in [0.15, 0.2) is 12.4 Å². The summed E-state index contributed by atoms with van der Waals surface area (Å²) in [4.78, 5) is 7.42. The molecule has 2 atom stereocenters. The van der Waals surface area contributed by atoms with Gasteiger partial charge in [-0.25, -0.2) is 4.98 Å². The van der Waals surface area contributed by atoms with Gasteiger partial charge in [0.05, 0.1) is 0 Å². The van der Waals surface area contributed by atoms with Crippen molar-refractivity contribution in [3.05, 3.63) is 18.2 Å². The number of hydrogen-bond donors (Lipinski definition) is 2. The van der Waals surface area contributed by atoms with Gasteiger partial charge in [0.1, 0.15) is 5.82 Å². The smallest absolute Gasteiger partial charge is 0.107 e. The molecule has 1 aromatic rings. The SMILES string of the molecule is CC(C)C1CCCC(NCCc2ncc[nH]2)CC1. The molecular weight excluding hydrogens is 222 g/mol. The Hall–Kier alpha value is -0.830. The number of hydrogen-bond acceptors (Lipinski definition) is 2. The summed E-state index contributed by atoms with van der Waals surface area (Å²) in [6.07, 6.45) is 11.6. The van der Waals surface area contributed by atoms with Gasteiger partial charge in [-0.05, 0) is 31.1 Å². The molecular formula is C15H27N3. The second-order valence-electron chi connectivity index (χ2n) is 5.95. The van der Waals surface area contributed by atoms with E-state index in [0.717, 1.165) is 36.7 Å². The van der Waals surface area contributed by atoms with E-state index < -0.39 is 0 Å². The summed E-state index contributed by atoms with van der Waals surface area (Å²) in [5, 5.41) is 3.70. The van der Waals surface area contributed by atoms with E-state index in [4.69, 9.17) is 0 Å². The van der Waals surface area contributed by atoms with Crippen LogP contribution in [-0.4, -0.2) is 22.6 Å². The van der Waals surface area contributed by atoms with Crippen LogP contribution in [0.1, 0.15) is 51.8 Å². The molecule has 1 heterocycles. The van der Waals surface area contributed by atoms with E-state index in [0.29, 0.717) is 0 Å². The zero-order chi connectivity index (χ0) is 12.8. The molecule has 1 aromatic heterocycles. The Morgan fingerprint density at radius 2 is 2.22 bits per heavy atom. The van der Waals surface area contributed by atoms with Crippen LogP contribution < -0.4 is 5.32 Å². The van der Waals surface area contributed by atoms with Crippen LogP contribution in [0.3, 0.4) is 0 Å². The van der Waals surface area contributed by atoms with Gasteiger partial charge in [0.15, 0.2) is 0 Å². The lowest BCUT2D eigenvalue weighted by Crippen LogP contribution is -2.30. The van der Waals surface area contributed by atoms with Crippen LogP contribution in [0.4, 0.5) is 0 Å². The second kappa shape index (κ2) is 6.93. The summed E-state index contributed by atoms with van der Waals surface area (Å²) in [5.41, 5.74) is 0. The van der Waals surface area contributed by atoms with Gasteiger partial charge in [0, 0.05) is 31.4 Å². The summed E-state index contributed by atoms with van der Waals surface area (Å²) in [6, 6.07) is 0.726. The van der Waals surface area contributed by atoms with Crippen molar-refractivity contribution in [2.24, 2.45) is 11.8 Å². The van der Waals surface area contributed by atoms with E-state index in [-0.39, 0.29) is 0 Å². The Bertz CT molecular complexity index is 318. The van der Waals surface area contributed by atoms with Crippen LogP contribution >= 0.6 is 0 Å². The minimum atomic E-state index is 0.726. The number of aromatic amines is 1. The maximum atomic E-state index is 4.26. The average molecular weight is 249 g/mol. The van der Waals surface area contributed by atoms with E-state index in [2.05, 4.69) is 29.1 Å². The molecule has 3 nitrogen and oxygen atoms in total. The predicted octanol–water partition coefficient (Wildman–Crippen LogP) is 3.15. The maximum absolute atomic E-state index is 4.26. The fourth-order valence-electron chi connectivity index (χ4n) is 3.03. The summed E-state index contributed by atoms with van der Waals surface area (Å²) in [5.74, 6) is 2.89. The lowest BCUT2D eigenvalue weighted by atomic mass is 9.89. The van der Waals surface area contributed by atoms with Crippen molar-refractivity contribution >= 4 is 0 Å². The molecule has 0 amide bonds. The van der Waals surface area contributed by atoms with Crippen LogP contribution in [-0.2, 0) is 6.42 Å². The molecule has 2 N–H and O–H groups in total. The van der Waals surface area contributed by atoms with Gasteiger partial charge in [0.25, 0.3) is 0 Å². The highest BCUT2D eigenvalue weighted by Crippen LogP contribution is 2.28. The quantitative estimate of drug-likeness (QED) is 0.787. The summed E-state index contributed by atoms with van der Waals surface area (Å²) >= 11 is 0. The molecule has 2 rings (SSSR count). The monoisotopic (exact) mass is 249 g/mol. The molecule has 18 heavy (non-hydrogen) atoms. The number of rotatable bonds is 5. The lowest BCUT2D eigenvalue weighted by Gasteiger charge is -2.19. The second-order valence-corrected chi connectivity index (χ2v) is 5.95. The Labute approximate surface area is 111 Å². The fraction of sp³-hybridized carbons (Fsp3) is 0.800. The van der Waals surface area contributed by atoms with Crippen LogP contribution in [0.2, 0.25) is 0 Å². The molecule has 3 heteroatoms. The molecule has 1 fully saturated rings. The highest BCUT2D eigenvalue weighted by atomic mass is 14.9. The van der Waals surface area contributed by atoms with E-state index in [1.165, 1.54) is 32.1 Å². The Kier molecular flexibility index (Phi) is 5.24. The minimum Gasteiger partial charge on any atom is -0.349 e. The fourth-order valence-corrected chi connectivity index (χ4v) is 3.03. The maximum Gasteiger partial charge on any atom is 0.107 e. The highest BCUT2D eigenvalue weighted by molar-refractivity contribution is 4.88. The molecule has 2 unspecified atom stereocenters. The first-order valence-corrected chi connectivity index (χ1v) is 7.47. The third kappa shape index (κ3) is 4.13. The van der Waals surface area contributed by atoms with Gasteiger partial charge in [-0.2, -0.15) is 0 Å². The minimum absolute atomic E-state index is 0.726. The first-order valence-electron chi connectivity index (χ1n) is 7.47. The molecule has 0 radical (unpaired) electrons. The van der Waals surface area contributed by atoms with Gasteiger partial charge < -0.3 is 10.3 Å². The van der Waals surface area contributed by atoms with Crippen LogP contribution in [0, 0.1) is 11.8 Å². The predicted molar refractivity (Wildman–Crippen MR) is 75.5 cm³/mol. The molecule has 0 aromatic carbocycles. The van der Waals surface area contributed by atoms with Gasteiger partial charge in [-0.1, -0.05) is 26.7 Å². The van der Waals surface area contributed by atoms with Crippen molar-refractivity contribution in [1.82, 2.24) is 15.3 Å². The first kappa shape index (κ1) is 13.6. The molecule has 0 aliphatic heterocycles. The first-order chi connectivity index (χ1) is 8.75. The number of H-pyrrole nitrogens is 1. The topological polar surface area (TPSA) is 40.7 Å². The third-order valence-electron chi connectivity index (χ3n) is 4.31. The van der Waals surface area contributed by atoms with Crippen molar-refractivity contribution in [1.29, 1.82) is 0 Å². The molecule has 0 spiro atoms. The molecule has 102 valence electrons. The largest absolute Gasteiger partial charge is 0.349 e. The van der Waals surface area contributed by atoms with Gasteiger partial charge in [-0.3, -0.25) is 0 Å². The van der Waals surface area contributed by atoms with Crippen molar-refractivity contribution in [3.63, 3.8) is 0 Å². The van der Waals surface area contributed by atoms with E-state index >= 15 is 0 Å². The Balaban J connectivity index is 1.67. The molecule has 1 saturated carbocycles. The van der Waals surface area contributed by atoms with E-state index in [1.54, 1.807) is 0 Å². The van der Waals surface area contributed by atoms with Crippen molar-refractivity contribution in [3.8, 4) is 0 Å². The Morgan fingerprint density at radius 1 is 1.33 bits per heavy atom.